The van der Waals surface area contributed by atoms with Crippen LogP contribution in [0.5, 0.6) is 0 Å². The summed E-state index contributed by atoms with van der Waals surface area (Å²) in [6.07, 6.45) is 0. The Labute approximate surface area is 124 Å². The van der Waals surface area contributed by atoms with Gasteiger partial charge in [-0.25, -0.2) is 9.37 Å². The van der Waals surface area contributed by atoms with Crippen molar-refractivity contribution in [1.82, 2.24) is 14.5 Å². The lowest BCUT2D eigenvalue weighted by Gasteiger charge is -2.21. The maximum atomic E-state index is 13.7. The Morgan fingerprint density at radius 3 is 2.85 bits per heavy atom. The van der Waals surface area contributed by atoms with Gasteiger partial charge in [0.25, 0.3) is 0 Å². The number of hydrogen-bond donors (Lipinski definition) is 1. The molecule has 7 heteroatoms. The Bertz CT molecular complexity index is 670. The number of hydrogen-bond acceptors (Lipinski definition) is 3. The van der Waals surface area contributed by atoms with E-state index in [9.17, 15) is 9.18 Å². The van der Waals surface area contributed by atoms with Crippen LogP contribution in [0.25, 0.3) is 11.0 Å². The van der Waals surface area contributed by atoms with Crippen molar-refractivity contribution < 1.29 is 9.18 Å². The standard InChI is InChI=1S/C13H16BrFN4O/c1-4-18(3)12(20)7(2)19-11-6-9(15)8(14)5-10(11)17-13(19)16/h5-7H,4H2,1-3H3,(H2,16,17). The van der Waals surface area contributed by atoms with Gasteiger partial charge in [0.1, 0.15) is 11.9 Å². The number of nitrogens with two attached hydrogens (primary N) is 1. The zero-order valence-electron chi connectivity index (χ0n) is 11.5. The van der Waals surface area contributed by atoms with Gasteiger partial charge in [-0.1, -0.05) is 0 Å². The van der Waals surface area contributed by atoms with Gasteiger partial charge in [-0.15, -0.1) is 0 Å². The Kier molecular flexibility index (Phi) is 3.99. The van der Waals surface area contributed by atoms with Crippen molar-refractivity contribution >= 4 is 38.8 Å². The second-order valence-electron chi connectivity index (χ2n) is 4.62. The van der Waals surface area contributed by atoms with Crippen LogP contribution in [-0.2, 0) is 4.79 Å². The summed E-state index contributed by atoms with van der Waals surface area (Å²) in [5, 5.41) is 0. The fourth-order valence-corrected chi connectivity index (χ4v) is 2.43. The van der Waals surface area contributed by atoms with E-state index in [1.165, 1.54) is 6.07 Å². The van der Waals surface area contributed by atoms with Crippen molar-refractivity contribution in [3.63, 3.8) is 0 Å². The lowest BCUT2D eigenvalue weighted by atomic mass is 10.2. The largest absolute Gasteiger partial charge is 0.369 e. The van der Waals surface area contributed by atoms with Gasteiger partial charge in [0.05, 0.1) is 15.5 Å². The molecule has 20 heavy (non-hydrogen) atoms. The second-order valence-corrected chi connectivity index (χ2v) is 5.48. The summed E-state index contributed by atoms with van der Waals surface area (Å²) in [5.74, 6) is -0.313. The number of nitrogen functional groups attached to an aromatic ring is 1. The molecule has 0 aliphatic rings. The first-order valence-corrected chi connectivity index (χ1v) is 7.03. The zero-order chi connectivity index (χ0) is 15.0. The van der Waals surface area contributed by atoms with Crippen molar-refractivity contribution in [2.45, 2.75) is 19.9 Å². The van der Waals surface area contributed by atoms with E-state index in [2.05, 4.69) is 20.9 Å². The van der Waals surface area contributed by atoms with Crippen molar-refractivity contribution in [2.24, 2.45) is 0 Å². The fraction of sp³-hybridized carbons (Fsp3) is 0.385. The quantitative estimate of drug-likeness (QED) is 0.932. The number of carbonyl (C=O) groups excluding carboxylic acids is 1. The molecule has 0 aliphatic carbocycles. The average Bonchev–Trinajstić information content (AvgIpc) is 2.72. The normalized spacial score (nSPS) is 12.7. The summed E-state index contributed by atoms with van der Waals surface area (Å²) in [6, 6.07) is 2.35. The number of benzene rings is 1. The van der Waals surface area contributed by atoms with Crippen LogP contribution in [0.2, 0.25) is 0 Å². The molecule has 0 saturated carbocycles. The monoisotopic (exact) mass is 342 g/mol. The highest BCUT2D eigenvalue weighted by atomic mass is 79.9. The predicted octanol–water partition coefficient (Wildman–Crippen LogP) is 2.56. The van der Waals surface area contributed by atoms with Gasteiger partial charge in [0.15, 0.2) is 0 Å². The molecule has 1 aromatic heterocycles. The van der Waals surface area contributed by atoms with Crippen LogP contribution < -0.4 is 5.73 Å². The summed E-state index contributed by atoms with van der Waals surface area (Å²) >= 11 is 3.11. The minimum Gasteiger partial charge on any atom is -0.369 e. The van der Waals surface area contributed by atoms with Gasteiger partial charge >= 0.3 is 0 Å². The van der Waals surface area contributed by atoms with Crippen LogP contribution in [0, 0.1) is 5.82 Å². The topological polar surface area (TPSA) is 64.2 Å². The molecular formula is C13H16BrFN4O. The molecule has 2 rings (SSSR count). The van der Waals surface area contributed by atoms with Crippen LogP contribution in [-0.4, -0.2) is 34.0 Å². The van der Waals surface area contributed by atoms with Gasteiger partial charge in [-0.3, -0.25) is 9.36 Å². The van der Waals surface area contributed by atoms with Crippen LogP contribution in [0.3, 0.4) is 0 Å². The molecule has 1 aromatic carbocycles. The molecule has 1 unspecified atom stereocenters. The second kappa shape index (κ2) is 5.40. The average molecular weight is 343 g/mol. The van der Waals surface area contributed by atoms with Crippen LogP contribution >= 0.6 is 15.9 Å². The van der Waals surface area contributed by atoms with Gasteiger partial charge in [-0.2, -0.15) is 0 Å². The van der Waals surface area contributed by atoms with Crippen LogP contribution in [0.1, 0.15) is 19.9 Å². The van der Waals surface area contributed by atoms with E-state index >= 15 is 0 Å². The molecule has 0 aliphatic heterocycles. The molecule has 5 nitrogen and oxygen atoms in total. The van der Waals surface area contributed by atoms with Crippen molar-refractivity contribution in [3.8, 4) is 0 Å². The highest BCUT2D eigenvalue weighted by Crippen LogP contribution is 2.28. The van der Waals surface area contributed by atoms with Crippen molar-refractivity contribution in [2.75, 3.05) is 19.3 Å². The maximum absolute atomic E-state index is 13.7. The highest BCUT2D eigenvalue weighted by molar-refractivity contribution is 9.10. The van der Waals surface area contributed by atoms with E-state index in [-0.39, 0.29) is 11.9 Å². The molecule has 2 N–H and O–H groups in total. The molecule has 108 valence electrons. The first kappa shape index (κ1) is 14.8. The molecule has 1 heterocycles. The molecule has 0 spiro atoms. The van der Waals surface area contributed by atoms with Crippen molar-refractivity contribution in [1.29, 1.82) is 0 Å². The van der Waals surface area contributed by atoms with E-state index in [0.717, 1.165) is 0 Å². The van der Waals surface area contributed by atoms with E-state index in [1.807, 2.05) is 6.92 Å². The Morgan fingerprint density at radius 1 is 1.60 bits per heavy atom. The third-order valence-electron chi connectivity index (χ3n) is 3.35. The number of likely N-dealkylation sites (N-methyl/N-ethyl adjacent to an activating group) is 1. The number of nitrogens with zero attached hydrogens (tertiary/aromatic N) is 3. The van der Waals surface area contributed by atoms with Gasteiger partial charge in [0.2, 0.25) is 11.9 Å². The molecule has 0 saturated heterocycles. The fourth-order valence-electron chi connectivity index (χ4n) is 2.10. The number of rotatable bonds is 3. The van der Waals surface area contributed by atoms with Gasteiger partial charge in [-0.05, 0) is 35.8 Å². The molecule has 1 atom stereocenters. The molecule has 2 aromatic rings. The van der Waals surface area contributed by atoms with E-state index in [4.69, 9.17) is 5.73 Å². The number of fused-ring (bicyclic) bond motifs is 1. The van der Waals surface area contributed by atoms with Gasteiger partial charge in [0, 0.05) is 19.7 Å². The Morgan fingerprint density at radius 2 is 2.25 bits per heavy atom. The van der Waals surface area contributed by atoms with E-state index in [0.29, 0.717) is 22.1 Å². The smallest absolute Gasteiger partial charge is 0.245 e. The number of anilines is 1. The number of aromatic nitrogens is 2. The minimum atomic E-state index is -0.537. The predicted molar refractivity (Wildman–Crippen MR) is 79.8 cm³/mol. The summed E-state index contributed by atoms with van der Waals surface area (Å²) in [4.78, 5) is 18.0. The molecule has 0 bridgehead atoms. The van der Waals surface area contributed by atoms with E-state index in [1.54, 1.807) is 29.5 Å². The molecule has 1 amide bonds. The third-order valence-corrected chi connectivity index (χ3v) is 3.96. The molecular weight excluding hydrogens is 327 g/mol. The van der Waals surface area contributed by atoms with Gasteiger partial charge < -0.3 is 10.6 Å². The SMILES string of the molecule is CCN(C)C(=O)C(C)n1c(N)nc2cc(Br)c(F)cc21. The third kappa shape index (κ3) is 2.37. The zero-order valence-corrected chi connectivity index (χ0v) is 13.1. The van der Waals surface area contributed by atoms with Crippen LogP contribution in [0.4, 0.5) is 10.3 Å². The number of halogens is 2. The first-order chi connectivity index (χ1) is 9.36. The van der Waals surface area contributed by atoms with Crippen molar-refractivity contribution in [3.05, 3.63) is 22.4 Å². The number of carbonyl (C=O) groups is 1. The molecule has 0 fully saturated rings. The van der Waals surface area contributed by atoms with E-state index < -0.39 is 11.9 Å². The number of imidazole rings is 1. The summed E-state index contributed by atoms with van der Waals surface area (Å²) in [7, 11) is 1.71. The van der Waals surface area contributed by atoms with Crippen LogP contribution in [0.15, 0.2) is 16.6 Å². The maximum Gasteiger partial charge on any atom is 0.245 e. The lowest BCUT2D eigenvalue weighted by Crippen LogP contribution is -2.33. The number of amides is 1. The minimum absolute atomic E-state index is 0.0955. The first-order valence-electron chi connectivity index (χ1n) is 6.24. The lowest BCUT2D eigenvalue weighted by molar-refractivity contribution is -0.132. The Balaban J connectivity index is 2.56. The summed E-state index contributed by atoms with van der Waals surface area (Å²) in [5.41, 5.74) is 6.94. The molecule has 0 radical (unpaired) electrons. The summed E-state index contributed by atoms with van der Waals surface area (Å²) < 4.78 is 15.6. The summed E-state index contributed by atoms with van der Waals surface area (Å²) in [6.45, 7) is 4.21. The Hall–Kier alpha value is -1.63. The highest BCUT2D eigenvalue weighted by Gasteiger charge is 2.23.